The molecule has 0 aliphatic carbocycles. The lowest BCUT2D eigenvalue weighted by molar-refractivity contribution is -0.0845. The molecule has 3 rings (SSSR count). The van der Waals surface area contributed by atoms with Crippen molar-refractivity contribution >= 4 is 17.4 Å². The predicted octanol–water partition coefficient (Wildman–Crippen LogP) is 2.63. The average molecular weight is 280 g/mol. The Morgan fingerprint density at radius 2 is 2.26 bits per heavy atom. The highest BCUT2D eigenvalue weighted by Crippen LogP contribution is 2.49. The molecular formula is C14H20N2O2S. The quantitative estimate of drug-likeness (QED) is 0.860. The second-order valence-corrected chi connectivity index (χ2v) is 7.51. The molecule has 1 atom stereocenters. The highest BCUT2D eigenvalue weighted by Gasteiger charge is 2.57. The van der Waals surface area contributed by atoms with E-state index in [9.17, 15) is 4.79 Å². The summed E-state index contributed by atoms with van der Waals surface area (Å²) in [6, 6.07) is 4.66. The monoisotopic (exact) mass is 280 g/mol. The third kappa shape index (κ3) is 2.25. The number of carbonyl (C=O) groups excluding carboxylic acids is 1. The van der Waals surface area contributed by atoms with Crippen molar-refractivity contribution in [2.75, 3.05) is 19.6 Å². The zero-order chi connectivity index (χ0) is 13.7. The van der Waals surface area contributed by atoms with Gasteiger partial charge in [-0.25, -0.2) is 4.79 Å². The van der Waals surface area contributed by atoms with Gasteiger partial charge in [-0.1, -0.05) is 6.07 Å². The number of nitrogens with one attached hydrogen (secondary N) is 1. The van der Waals surface area contributed by atoms with Crippen LogP contribution in [0.15, 0.2) is 17.5 Å². The Hall–Kier alpha value is -1.07. The molecule has 4 nitrogen and oxygen atoms in total. The fraction of sp³-hybridized carbons (Fsp3) is 0.643. The Labute approximate surface area is 117 Å². The summed E-state index contributed by atoms with van der Waals surface area (Å²) in [5.41, 5.74) is -0.174. The summed E-state index contributed by atoms with van der Waals surface area (Å²) in [6.07, 6.45) is -0.185. The molecule has 1 amide bonds. The zero-order valence-electron chi connectivity index (χ0n) is 11.6. The van der Waals surface area contributed by atoms with Crippen LogP contribution in [0, 0.1) is 5.41 Å². The number of ether oxygens (including phenoxy) is 1. The van der Waals surface area contributed by atoms with Gasteiger partial charge in [0.15, 0.2) is 0 Å². The standard InChI is InChI=1S/C14H20N2O2S/c1-13(2,3)18-12(17)16-8-14(9-16)7-15-11(14)10-5-4-6-19-10/h4-6,11,15H,7-9H2,1-3H3. The van der Waals surface area contributed by atoms with Crippen LogP contribution >= 0.6 is 11.3 Å². The van der Waals surface area contributed by atoms with E-state index in [1.54, 1.807) is 11.3 Å². The van der Waals surface area contributed by atoms with Crippen molar-refractivity contribution in [1.29, 1.82) is 0 Å². The number of hydrogen-bond donors (Lipinski definition) is 1. The molecular weight excluding hydrogens is 260 g/mol. The molecule has 2 aliphatic rings. The van der Waals surface area contributed by atoms with Crippen molar-refractivity contribution in [3.63, 3.8) is 0 Å². The molecule has 2 fully saturated rings. The van der Waals surface area contributed by atoms with Crippen LogP contribution in [0.25, 0.3) is 0 Å². The first kappa shape index (κ1) is 12.9. The fourth-order valence-corrected chi connectivity index (χ4v) is 3.76. The summed E-state index contributed by atoms with van der Waals surface area (Å²) in [5.74, 6) is 0. The molecule has 1 unspecified atom stereocenters. The number of likely N-dealkylation sites (tertiary alicyclic amines) is 1. The third-order valence-electron chi connectivity index (χ3n) is 3.76. The maximum atomic E-state index is 11.9. The average Bonchev–Trinajstić information content (AvgIpc) is 2.63. The fourth-order valence-electron chi connectivity index (χ4n) is 2.81. The van der Waals surface area contributed by atoms with Crippen LogP contribution in [0.2, 0.25) is 0 Å². The van der Waals surface area contributed by atoms with Crippen molar-refractivity contribution < 1.29 is 9.53 Å². The molecule has 0 aromatic carbocycles. The molecule has 1 N–H and O–H groups in total. The van der Waals surface area contributed by atoms with Gasteiger partial charge in [0.05, 0.1) is 6.04 Å². The van der Waals surface area contributed by atoms with Gasteiger partial charge < -0.3 is 15.0 Å². The van der Waals surface area contributed by atoms with E-state index in [1.165, 1.54) is 4.88 Å². The third-order valence-corrected chi connectivity index (χ3v) is 4.70. The zero-order valence-corrected chi connectivity index (χ0v) is 12.4. The van der Waals surface area contributed by atoms with Crippen LogP contribution in [0.4, 0.5) is 4.79 Å². The first-order chi connectivity index (χ1) is 8.90. The van der Waals surface area contributed by atoms with Crippen LogP contribution in [-0.2, 0) is 4.74 Å². The number of nitrogens with zero attached hydrogens (tertiary/aromatic N) is 1. The van der Waals surface area contributed by atoms with Crippen LogP contribution in [0.1, 0.15) is 31.7 Å². The van der Waals surface area contributed by atoms with Gasteiger partial charge in [-0.05, 0) is 32.2 Å². The lowest BCUT2D eigenvalue weighted by Gasteiger charge is -2.60. The minimum atomic E-state index is -0.412. The normalized spacial score (nSPS) is 24.8. The number of carbonyl (C=O) groups is 1. The van der Waals surface area contributed by atoms with Gasteiger partial charge >= 0.3 is 6.09 Å². The SMILES string of the molecule is CC(C)(C)OC(=O)N1CC2(CNC2c2cccs2)C1. The maximum absolute atomic E-state index is 11.9. The molecule has 2 saturated heterocycles. The molecule has 1 aromatic rings. The maximum Gasteiger partial charge on any atom is 0.410 e. The minimum Gasteiger partial charge on any atom is -0.444 e. The first-order valence-electron chi connectivity index (χ1n) is 6.64. The Bertz CT molecular complexity index is 472. The molecule has 3 heterocycles. The largest absolute Gasteiger partial charge is 0.444 e. The number of rotatable bonds is 1. The lowest BCUT2D eigenvalue weighted by Crippen LogP contribution is -2.73. The van der Waals surface area contributed by atoms with Crippen molar-refractivity contribution in [3.8, 4) is 0 Å². The summed E-state index contributed by atoms with van der Waals surface area (Å²) in [5, 5.41) is 5.58. The van der Waals surface area contributed by atoms with Crippen molar-refractivity contribution in [2.45, 2.75) is 32.4 Å². The Balaban J connectivity index is 1.59. The Kier molecular flexibility index (Phi) is 2.87. The topological polar surface area (TPSA) is 41.6 Å². The molecule has 0 radical (unpaired) electrons. The number of hydrogen-bond acceptors (Lipinski definition) is 4. The van der Waals surface area contributed by atoms with E-state index in [2.05, 4.69) is 22.8 Å². The molecule has 5 heteroatoms. The summed E-state index contributed by atoms with van der Waals surface area (Å²) in [4.78, 5) is 15.1. The molecule has 0 bridgehead atoms. The van der Waals surface area contributed by atoms with E-state index >= 15 is 0 Å². The predicted molar refractivity (Wildman–Crippen MR) is 75.3 cm³/mol. The summed E-state index contributed by atoms with van der Waals surface area (Å²) in [7, 11) is 0. The highest BCUT2D eigenvalue weighted by molar-refractivity contribution is 7.10. The molecule has 19 heavy (non-hydrogen) atoms. The van der Waals surface area contributed by atoms with Crippen molar-refractivity contribution in [1.82, 2.24) is 10.2 Å². The van der Waals surface area contributed by atoms with E-state index < -0.39 is 5.60 Å². The summed E-state index contributed by atoms with van der Waals surface area (Å²) < 4.78 is 5.40. The van der Waals surface area contributed by atoms with Gasteiger partial charge in [-0.3, -0.25) is 0 Å². The van der Waals surface area contributed by atoms with Crippen molar-refractivity contribution in [2.24, 2.45) is 5.41 Å². The molecule has 104 valence electrons. The highest BCUT2D eigenvalue weighted by atomic mass is 32.1. The number of amides is 1. The van der Waals surface area contributed by atoms with E-state index in [0.29, 0.717) is 6.04 Å². The molecule has 1 aromatic heterocycles. The van der Waals surface area contributed by atoms with Gasteiger partial charge in [0.25, 0.3) is 0 Å². The summed E-state index contributed by atoms with van der Waals surface area (Å²) in [6.45, 7) is 8.31. The summed E-state index contributed by atoms with van der Waals surface area (Å²) >= 11 is 1.78. The van der Waals surface area contributed by atoms with Gasteiger partial charge in [-0.15, -0.1) is 11.3 Å². The Morgan fingerprint density at radius 3 is 2.74 bits per heavy atom. The number of thiophene rings is 1. The van der Waals surface area contributed by atoms with E-state index in [1.807, 2.05) is 25.7 Å². The van der Waals surface area contributed by atoms with E-state index in [0.717, 1.165) is 19.6 Å². The van der Waals surface area contributed by atoms with Crippen LogP contribution in [-0.4, -0.2) is 36.2 Å². The van der Waals surface area contributed by atoms with Gasteiger partial charge in [-0.2, -0.15) is 0 Å². The van der Waals surface area contributed by atoms with Gasteiger partial charge in [0.2, 0.25) is 0 Å². The first-order valence-corrected chi connectivity index (χ1v) is 7.52. The molecule has 1 spiro atoms. The minimum absolute atomic E-state index is 0.185. The smallest absolute Gasteiger partial charge is 0.410 e. The lowest BCUT2D eigenvalue weighted by atomic mass is 9.67. The van der Waals surface area contributed by atoms with E-state index in [-0.39, 0.29) is 11.5 Å². The van der Waals surface area contributed by atoms with Gasteiger partial charge in [0, 0.05) is 29.9 Å². The van der Waals surface area contributed by atoms with Gasteiger partial charge in [0.1, 0.15) is 5.60 Å². The molecule has 0 saturated carbocycles. The van der Waals surface area contributed by atoms with E-state index in [4.69, 9.17) is 4.74 Å². The van der Waals surface area contributed by atoms with Crippen LogP contribution < -0.4 is 5.32 Å². The second kappa shape index (κ2) is 4.21. The second-order valence-electron chi connectivity index (χ2n) is 6.53. The molecule has 2 aliphatic heterocycles. The van der Waals surface area contributed by atoms with Crippen LogP contribution in [0.3, 0.4) is 0 Å². The van der Waals surface area contributed by atoms with Crippen molar-refractivity contribution in [3.05, 3.63) is 22.4 Å². The Morgan fingerprint density at radius 1 is 1.53 bits per heavy atom. The van der Waals surface area contributed by atoms with Crippen LogP contribution in [0.5, 0.6) is 0 Å².